The number of hydrogen-bond donors (Lipinski definition) is 2. The molecule has 8 heteroatoms. The molecule has 2 N–H and O–H groups in total. The van der Waals surface area contributed by atoms with E-state index in [1.54, 1.807) is 39.3 Å². The molecule has 0 aliphatic rings. The van der Waals surface area contributed by atoms with Gasteiger partial charge in [-0.3, -0.25) is 9.59 Å². The summed E-state index contributed by atoms with van der Waals surface area (Å²) < 4.78 is 11.4. The van der Waals surface area contributed by atoms with Gasteiger partial charge in [0.2, 0.25) is 11.8 Å². The lowest BCUT2D eigenvalue weighted by Crippen LogP contribution is -2.14. The molecule has 1 aromatic heterocycles. The number of aromatic nitrogens is 1. The number of fused-ring (bicyclic) bond motifs is 1. The molecule has 0 spiro atoms. The van der Waals surface area contributed by atoms with Crippen molar-refractivity contribution in [2.75, 3.05) is 24.9 Å². The summed E-state index contributed by atoms with van der Waals surface area (Å²) in [6.07, 6.45) is 0.621. The number of nitrogens with one attached hydrogen (secondary N) is 2. The summed E-state index contributed by atoms with van der Waals surface area (Å²) in [6, 6.07) is 10.8. The van der Waals surface area contributed by atoms with Crippen molar-refractivity contribution in [1.82, 2.24) is 4.98 Å². The number of anilines is 2. The van der Waals surface area contributed by atoms with E-state index in [1.165, 1.54) is 11.3 Å². The SMILES string of the molecule is CCC(=O)Nc1nc2ccc(CC(=O)Nc3ccc(OC)c(OC)c3)cc2s1. The van der Waals surface area contributed by atoms with Gasteiger partial charge in [-0.2, -0.15) is 0 Å². The molecule has 0 aliphatic heterocycles. The highest BCUT2D eigenvalue weighted by Crippen LogP contribution is 2.30. The van der Waals surface area contributed by atoms with Gasteiger partial charge in [-0.1, -0.05) is 24.3 Å². The first-order valence-electron chi connectivity index (χ1n) is 8.73. The Hall–Kier alpha value is -3.13. The Morgan fingerprint density at radius 2 is 1.79 bits per heavy atom. The molecular weight excluding hydrogens is 378 g/mol. The Kier molecular flexibility index (Phi) is 6.10. The van der Waals surface area contributed by atoms with E-state index in [2.05, 4.69) is 15.6 Å². The highest BCUT2D eigenvalue weighted by Gasteiger charge is 2.11. The van der Waals surface area contributed by atoms with E-state index >= 15 is 0 Å². The van der Waals surface area contributed by atoms with Gasteiger partial charge >= 0.3 is 0 Å². The maximum absolute atomic E-state index is 12.4. The minimum atomic E-state index is -0.143. The first-order valence-corrected chi connectivity index (χ1v) is 9.55. The molecule has 0 bridgehead atoms. The molecule has 3 aromatic rings. The number of ether oxygens (including phenoxy) is 2. The number of carbonyl (C=O) groups is 2. The molecule has 0 saturated carbocycles. The molecule has 2 amide bonds. The predicted molar refractivity (Wildman–Crippen MR) is 110 cm³/mol. The van der Waals surface area contributed by atoms with Crippen molar-refractivity contribution in [2.24, 2.45) is 0 Å². The quantitative estimate of drug-likeness (QED) is 0.630. The van der Waals surface area contributed by atoms with Crippen LogP contribution in [0.5, 0.6) is 11.5 Å². The Bertz CT molecular complexity index is 1020. The summed E-state index contributed by atoms with van der Waals surface area (Å²) in [5.41, 5.74) is 2.29. The molecule has 0 saturated heterocycles. The minimum Gasteiger partial charge on any atom is -0.493 e. The third-order valence-corrected chi connectivity index (χ3v) is 4.99. The number of carbonyl (C=O) groups excluding carboxylic acids is 2. The van der Waals surface area contributed by atoms with Crippen LogP contribution in [0, 0.1) is 0 Å². The van der Waals surface area contributed by atoms with Crippen molar-refractivity contribution < 1.29 is 19.1 Å². The third-order valence-electron chi connectivity index (χ3n) is 4.05. The van der Waals surface area contributed by atoms with Crippen molar-refractivity contribution in [2.45, 2.75) is 19.8 Å². The second kappa shape index (κ2) is 8.71. The molecule has 0 radical (unpaired) electrons. The molecular formula is C20H21N3O4S. The molecule has 28 heavy (non-hydrogen) atoms. The Morgan fingerprint density at radius 1 is 1.00 bits per heavy atom. The molecule has 146 valence electrons. The normalized spacial score (nSPS) is 10.5. The topological polar surface area (TPSA) is 89.6 Å². The number of amides is 2. The maximum Gasteiger partial charge on any atom is 0.228 e. The molecule has 0 aliphatic carbocycles. The van der Waals surface area contributed by atoms with Crippen LogP contribution < -0.4 is 20.1 Å². The van der Waals surface area contributed by atoms with Crippen molar-refractivity contribution in [3.05, 3.63) is 42.0 Å². The van der Waals surface area contributed by atoms with E-state index in [1.807, 2.05) is 18.2 Å². The van der Waals surface area contributed by atoms with Crippen LogP contribution in [0.25, 0.3) is 10.2 Å². The number of hydrogen-bond acceptors (Lipinski definition) is 6. The van der Waals surface area contributed by atoms with Crippen LogP contribution in [0.15, 0.2) is 36.4 Å². The summed E-state index contributed by atoms with van der Waals surface area (Å²) in [5.74, 6) is 0.930. The van der Waals surface area contributed by atoms with Gasteiger partial charge in [0.15, 0.2) is 16.6 Å². The van der Waals surface area contributed by atoms with Crippen LogP contribution in [-0.2, 0) is 16.0 Å². The van der Waals surface area contributed by atoms with Gasteiger partial charge in [-0.05, 0) is 29.8 Å². The van der Waals surface area contributed by atoms with Gasteiger partial charge < -0.3 is 20.1 Å². The van der Waals surface area contributed by atoms with Gasteiger partial charge in [0.25, 0.3) is 0 Å². The van der Waals surface area contributed by atoms with E-state index in [0.717, 1.165) is 15.8 Å². The highest BCUT2D eigenvalue weighted by molar-refractivity contribution is 7.22. The van der Waals surface area contributed by atoms with Gasteiger partial charge in [0.1, 0.15) is 0 Å². The third kappa shape index (κ3) is 4.58. The highest BCUT2D eigenvalue weighted by atomic mass is 32.1. The lowest BCUT2D eigenvalue weighted by atomic mass is 10.1. The molecule has 0 unspecified atom stereocenters. The monoisotopic (exact) mass is 399 g/mol. The summed E-state index contributed by atoms with van der Waals surface area (Å²) in [4.78, 5) is 28.3. The van der Waals surface area contributed by atoms with Crippen LogP contribution in [0.4, 0.5) is 10.8 Å². The largest absolute Gasteiger partial charge is 0.493 e. The summed E-state index contributed by atoms with van der Waals surface area (Å²) in [7, 11) is 3.11. The maximum atomic E-state index is 12.4. The number of nitrogens with zero attached hydrogens (tertiary/aromatic N) is 1. The molecule has 0 atom stereocenters. The van der Waals surface area contributed by atoms with Crippen LogP contribution in [0.3, 0.4) is 0 Å². The zero-order valence-corrected chi connectivity index (χ0v) is 16.7. The lowest BCUT2D eigenvalue weighted by molar-refractivity contribution is -0.116. The van der Waals surface area contributed by atoms with Crippen LogP contribution >= 0.6 is 11.3 Å². The van der Waals surface area contributed by atoms with Crippen LogP contribution in [0.1, 0.15) is 18.9 Å². The molecule has 0 fully saturated rings. The summed E-state index contributed by atoms with van der Waals surface area (Å²) in [6.45, 7) is 1.79. The fraction of sp³-hybridized carbons (Fsp3) is 0.250. The molecule has 2 aromatic carbocycles. The fourth-order valence-electron chi connectivity index (χ4n) is 2.64. The van der Waals surface area contributed by atoms with Crippen LogP contribution in [0.2, 0.25) is 0 Å². The van der Waals surface area contributed by atoms with Crippen molar-refractivity contribution >= 4 is 44.2 Å². The zero-order valence-electron chi connectivity index (χ0n) is 15.9. The van der Waals surface area contributed by atoms with Crippen LogP contribution in [-0.4, -0.2) is 31.0 Å². The van der Waals surface area contributed by atoms with E-state index < -0.39 is 0 Å². The van der Waals surface area contributed by atoms with Crippen molar-refractivity contribution in [1.29, 1.82) is 0 Å². The van der Waals surface area contributed by atoms with Gasteiger partial charge in [-0.15, -0.1) is 0 Å². The first kappa shape index (κ1) is 19.6. The second-order valence-electron chi connectivity index (χ2n) is 6.02. The fourth-order valence-corrected chi connectivity index (χ4v) is 3.59. The Balaban J connectivity index is 1.69. The standard InChI is InChI=1S/C20H21N3O4S/c1-4-18(24)23-20-22-14-7-5-12(9-17(14)28-20)10-19(25)21-13-6-8-15(26-2)16(11-13)27-3/h5-9,11H,4,10H2,1-3H3,(H,21,25)(H,22,23,24). The minimum absolute atomic E-state index is 0.0754. The number of methoxy groups -OCH3 is 2. The lowest BCUT2D eigenvalue weighted by Gasteiger charge is -2.10. The number of rotatable bonds is 7. The summed E-state index contributed by atoms with van der Waals surface area (Å²) >= 11 is 1.39. The smallest absolute Gasteiger partial charge is 0.228 e. The molecule has 3 rings (SSSR count). The average Bonchev–Trinajstić information content (AvgIpc) is 3.08. The van der Waals surface area contributed by atoms with Gasteiger partial charge in [0.05, 0.1) is 30.9 Å². The summed E-state index contributed by atoms with van der Waals surface area (Å²) in [5, 5.41) is 6.18. The second-order valence-corrected chi connectivity index (χ2v) is 7.05. The van der Waals surface area contributed by atoms with Crippen molar-refractivity contribution in [3.8, 4) is 11.5 Å². The van der Waals surface area contributed by atoms with E-state index in [4.69, 9.17) is 9.47 Å². The average molecular weight is 399 g/mol. The zero-order chi connectivity index (χ0) is 20.1. The number of benzene rings is 2. The van der Waals surface area contributed by atoms with E-state index in [-0.39, 0.29) is 18.2 Å². The molecule has 7 nitrogen and oxygen atoms in total. The molecule has 1 heterocycles. The van der Waals surface area contributed by atoms with E-state index in [0.29, 0.717) is 28.7 Å². The Morgan fingerprint density at radius 3 is 2.50 bits per heavy atom. The van der Waals surface area contributed by atoms with E-state index in [9.17, 15) is 9.59 Å². The van der Waals surface area contributed by atoms with Gasteiger partial charge in [0, 0.05) is 18.2 Å². The predicted octanol–water partition coefficient (Wildman–Crippen LogP) is 3.84. The number of thiazole rings is 1. The first-order chi connectivity index (χ1) is 13.5. The Labute approximate surface area is 166 Å². The van der Waals surface area contributed by atoms with Crippen molar-refractivity contribution in [3.63, 3.8) is 0 Å². The van der Waals surface area contributed by atoms with Gasteiger partial charge in [-0.25, -0.2) is 4.98 Å².